The van der Waals surface area contributed by atoms with Gasteiger partial charge in [0, 0.05) is 34.4 Å². The fourth-order valence-corrected chi connectivity index (χ4v) is 2.64. The van der Waals surface area contributed by atoms with Crippen molar-refractivity contribution in [2.24, 2.45) is 0 Å². The maximum atomic E-state index is 6.15. The Morgan fingerprint density at radius 1 is 1.25 bits per heavy atom. The summed E-state index contributed by atoms with van der Waals surface area (Å²) in [6, 6.07) is 12.2. The van der Waals surface area contributed by atoms with Crippen LogP contribution in [0.25, 0.3) is 0 Å². The van der Waals surface area contributed by atoms with E-state index >= 15 is 0 Å². The smallest absolute Gasteiger partial charge is 0.0744 e. The van der Waals surface area contributed by atoms with Crippen LogP contribution < -0.4 is 5.32 Å². The summed E-state index contributed by atoms with van der Waals surface area (Å²) in [6.45, 7) is 3.30. The minimum Gasteiger partial charge on any atom is -0.381 e. The first-order chi connectivity index (χ1) is 9.61. The molecule has 0 aromatic heterocycles. The summed E-state index contributed by atoms with van der Waals surface area (Å²) < 4.78 is 6.29. The van der Waals surface area contributed by atoms with Gasteiger partial charge in [-0.2, -0.15) is 0 Å². The van der Waals surface area contributed by atoms with Crippen LogP contribution in [-0.4, -0.2) is 7.11 Å². The van der Waals surface area contributed by atoms with Crippen LogP contribution in [0.5, 0.6) is 0 Å². The van der Waals surface area contributed by atoms with Crippen LogP contribution in [0.3, 0.4) is 0 Å². The molecule has 0 aliphatic heterocycles. The van der Waals surface area contributed by atoms with E-state index in [4.69, 9.17) is 16.3 Å². The van der Waals surface area contributed by atoms with Crippen LogP contribution in [0.4, 0.5) is 5.69 Å². The van der Waals surface area contributed by atoms with Gasteiger partial charge in [0.25, 0.3) is 0 Å². The maximum Gasteiger partial charge on any atom is 0.0744 e. The third-order valence-electron chi connectivity index (χ3n) is 3.13. The minimum absolute atomic E-state index is 0.568. The molecule has 0 amide bonds. The molecule has 106 valence electrons. The third-order valence-corrected chi connectivity index (χ3v) is 4.28. The largest absolute Gasteiger partial charge is 0.381 e. The van der Waals surface area contributed by atoms with E-state index in [9.17, 15) is 0 Å². The van der Waals surface area contributed by atoms with Crippen molar-refractivity contribution in [3.8, 4) is 0 Å². The molecule has 0 aliphatic rings. The second-order valence-corrected chi connectivity index (χ2v) is 5.90. The Bertz CT molecular complexity index is 601. The summed E-state index contributed by atoms with van der Waals surface area (Å²) in [6.07, 6.45) is 0. The summed E-state index contributed by atoms with van der Waals surface area (Å²) in [5, 5.41) is 4.23. The first-order valence-electron chi connectivity index (χ1n) is 6.37. The Balaban J connectivity index is 2.14. The Kier molecular flexibility index (Phi) is 5.46. The van der Waals surface area contributed by atoms with Crippen molar-refractivity contribution in [1.82, 2.24) is 0 Å². The van der Waals surface area contributed by atoms with E-state index < -0.39 is 0 Å². The number of methoxy groups -OCH3 is 1. The zero-order valence-electron chi connectivity index (χ0n) is 11.5. The van der Waals surface area contributed by atoms with Gasteiger partial charge < -0.3 is 10.1 Å². The molecule has 0 spiro atoms. The Morgan fingerprint density at radius 2 is 2.05 bits per heavy atom. The van der Waals surface area contributed by atoms with Crippen LogP contribution in [0.15, 0.2) is 40.9 Å². The summed E-state index contributed by atoms with van der Waals surface area (Å²) >= 11 is 9.70. The van der Waals surface area contributed by atoms with Crippen LogP contribution in [0.1, 0.15) is 16.7 Å². The lowest BCUT2D eigenvalue weighted by molar-refractivity contribution is 0.185. The van der Waals surface area contributed by atoms with Crippen molar-refractivity contribution in [1.29, 1.82) is 0 Å². The van der Waals surface area contributed by atoms with Crippen molar-refractivity contribution in [2.75, 3.05) is 12.4 Å². The highest BCUT2D eigenvalue weighted by atomic mass is 79.9. The van der Waals surface area contributed by atoms with Crippen molar-refractivity contribution >= 4 is 33.2 Å². The van der Waals surface area contributed by atoms with E-state index in [1.165, 1.54) is 0 Å². The first-order valence-corrected chi connectivity index (χ1v) is 7.54. The van der Waals surface area contributed by atoms with Gasteiger partial charge >= 0.3 is 0 Å². The molecule has 4 heteroatoms. The fraction of sp³-hybridized carbons (Fsp3) is 0.250. The van der Waals surface area contributed by atoms with Crippen LogP contribution in [-0.2, 0) is 17.9 Å². The molecule has 0 fully saturated rings. The highest BCUT2D eigenvalue weighted by Gasteiger charge is 2.06. The lowest BCUT2D eigenvalue weighted by Gasteiger charge is -2.13. The number of benzene rings is 2. The van der Waals surface area contributed by atoms with Gasteiger partial charge in [0.15, 0.2) is 0 Å². The third kappa shape index (κ3) is 3.75. The lowest BCUT2D eigenvalue weighted by atomic mass is 10.1. The molecule has 0 unspecified atom stereocenters. The highest BCUT2D eigenvalue weighted by Crippen LogP contribution is 2.26. The Labute approximate surface area is 133 Å². The molecule has 0 saturated heterocycles. The molecule has 20 heavy (non-hydrogen) atoms. The zero-order valence-corrected chi connectivity index (χ0v) is 13.9. The monoisotopic (exact) mass is 353 g/mol. The molecule has 0 radical (unpaired) electrons. The van der Waals surface area contributed by atoms with Gasteiger partial charge in [-0.15, -0.1) is 0 Å². The quantitative estimate of drug-likeness (QED) is 0.800. The van der Waals surface area contributed by atoms with E-state index in [1.807, 2.05) is 31.2 Å². The number of ether oxygens (including phenoxy) is 1. The van der Waals surface area contributed by atoms with E-state index in [1.54, 1.807) is 7.11 Å². The van der Waals surface area contributed by atoms with Crippen LogP contribution in [0.2, 0.25) is 5.02 Å². The molecule has 0 heterocycles. The molecule has 1 N–H and O–H groups in total. The molecule has 2 aromatic rings. The predicted molar refractivity (Wildman–Crippen MR) is 88.4 cm³/mol. The lowest BCUT2D eigenvalue weighted by Crippen LogP contribution is -2.04. The first kappa shape index (κ1) is 15.4. The number of hydrogen-bond donors (Lipinski definition) is 1. The number of anilines is 1. The number of aryl methyl sites for hydroxylation is 1. The molecular formula is C16H17BrClNO. The number of rotatable bonds is 5. The summed E-state index contributed by atoms with van der Waals surface area (Å²) in [5.74, 6) is 0. The van der Waals surface area contributed by atoms with Gasteiger partial charge in [0.05, 0.1) is 6.61 Å². The normalized spacial score (nSPS) is 10.6. The van der Waals surface area contributed by atoms with Gasteiger partial charge in [-0.3, -0.25) is 0 Å². The van der Waals surface area contributed by atoms with E-state index in [0.717, 1.165) is 38.4 Å². The summed E-state index contributed by atoms with van der Waals surface area (Å²) in [7, 11) is 1.70. The van der Waals surface area contributed by atoms with Crippen LogP contribution >= 0.6 is 27.5 Å². The van der Waals surface area contributed by atoms with Gasteiger partial charge in [-0.05, 0) is 36.2 Å². The molecule has 2 nitrogen and oxygen atoms in total. The Hall–Kier alpha value is -1.03. The molecule has 0 aliphatic carbocycles. The maximum absolute atomic E-state index is 6.15. The second kappa shape index (κ2) is 7.11. The van der Waals surface area contributed by atoms with Gasteiger partial charge in [0.2, 0.25) is 0 Å². The molecular weight excluding hydrogens is 338 g/mol. The summed E-state index contributed by atoms with van der Waals surface area (Å²) in [4.78, 5) is 0. The molecule has 0 bridgehead atoms. The van der Waals surface area contributed by atoms with Gasteiger partial charge in [-0.1, -0.05) is 45.7 Å². The van der Waals surface area contributed by atoms with E-state index in [-0.39, 0.29) is 0 Å². The van der Waals surface area contributed by atoms with Gasteiger partial charge in [-0.25, -0.2) is 0 Å². The van der Waals surface area contributed by atoms with Crippen molar-refractivity contribution < 1.29 is 4.74 Å². The topological polar surface area (TPSA) is 21.3 Å². The number of hydrogen-bond acceptors (Lipinski definition) is 2. The summed E-state index contributed by atoms with van der Waals surface area (Å²) in [5.41, 5.74) is 4.44. The zero-order chi connectivity index (χ0) is 14.5. The van der Waals surface area contributed by atoms with E-state index in [0.29, 0.717) is 6.61 Å². The average molecular weight is 355 g/mol. The standard InChI is InChI=1S/C16H17BrClNO/c1-11-6-7-12(8-15(11)18)9-19-16-5-3-4-14(17)13(16)10-20-2/h3-8,19H,9-10H2,1-2H3. The molecule has 0 atom stereocenters. The predicted octanol–water partition coefficient (Wildman–Crippen LogP) is 5.17. The molecule has 2 rings (SSSR count). The second-order valence-electron chi connectivity index (χ2n) is 4.64. The van der Waals surface area contributed by atoms with Gasteiger partial charge in [0.1, 0.15) is 0 Å². The van der Waals surface area contributed by atoms with Crippen molar-refractivity contribution in [3.63, 3.8) is 0 Å². The highest BCUT2D eigenvalue weighted by molar-refractivity contribution is 9.10. The molecule has 0 saturated carbocycles. The number of halogens is 2. The minimum atomic E-state index is 0.568. The average Bonchev–Trinajstić information content (AvgIpc) is 2.43. The van der Waals surface area contributed by atoms with Crippen molar-refractivity contribution in [2.45, 2.75) is 20.1 Å². The SMILES string of the molecule is COCc1c(Br)cccc1NCc1ccc(C)c(Cl)c1. The van der Waals surface area contributed by atoms with Crippen LogP contribution in [0, 0.1) is 6.92 Å². The van der Waals surface area contributed by atoms with E-state index in [2.05, 4.69) is 33.4 Å². The molecule has 2 aromatic carbocycles. The van der Waals surface area contributed by atoms with Crippen molar-refractivity contribution in [3.05, 3.63) is 62.6 Å². The fourth-order valence-electron chi connectivity index (χ4n) is 1.96. The number of nitrogens with one attached hydrogen (secondary N) is 1. The Morgan fingerprint density at radius 3 is 2.75 bits per heavy atom.